The fourth-order valence-corrected chi connectivity index (χ4v) is 2.37. The molecular weight excluding hydrogens is 304 g/mol. The van der Waals surface area contributed by atoms with Crippen LogP contribution in [0.3, 0.4) is 0 Å². The van der Waals surface area contributed by atoms with Crippen molar-refractivity contribution in [1.29, 1.82) is 0 Å². The molecule has 0 aliphatic carbocycles. The summed E-state index contributed by atoms with van der Waals surface area (Å²) in [5.41, 5.74) is 1.07. The molecule has 6 nitrogen and oxygen atoms in total. The number of furan rings is 1. The Morgan fingerprint density at radius 3 is 2.46 bits per heavy atom. The third-order valence-electron chi connectivity index (χ3n) is 3.51. The van der Waals surface area contributed by atoms with Crippen LogP contribution in [0.2, 0.25) is 0 Å². The standard InChI is InChI=1S/C18H20N4O2/c1-13-21-17(19-11-14-6-3-4-8-16(14)23-2)10-18(22-13)20-12-15-7-5-9-24-15/h3-10H,11-12H2,1-2H3,(H2,19,20,21,22). The molecule has 0 bridgehead atoms. The van der Waals surface area contributed by atoms with Gasteiger partial charge in [-0.1, -0.05) is 18.2 Å². The molecule has 3 rings (SSSR count). The summed E-state index contributed by atoms with van der Waals surface area (Å²) in [4.78, 5) is 8.82. The van der Waals surface area contributed by atoms with Gasteiger partial charge in [0.25, 0.3) is 0 Å². The zero-order valence-electron chi connectivity index (χ0n) is 13.7. The molecule has 2 aromatic heterocycles. The number of aryl methyl sites for hydroxylation is 1. The molecule has 2 heterocycles. The van der Waals surface area contributed by atoms with Crippen LogP contribution in [0.4, 0.5) is 11.6 Å². The van der Waals surface area contributed by atoms with Crippen molar-refractivity contribution in [1.82, 2.24) is 9.97 Å². The maximum absolute atomic E-state index is 5.37. The van der Waals surface area contributed by atoms with Gasteiger partial charge in [0.05, 0.1) is 19.9 Å². The molecule has 0 atom stereocenters. The topological polar surface area (TPSA) is 72.2 Å². The normalized spacial score (nSPS) is 10.4. The first-order valence-corrected chi connectivity index (χ1v) is 7.72. The number of hydrogen-bond acceptors (Lipinski definition) is 6. The Labute approximate surface area is 140 Å². The van der Waals surface area contributed by atoms with E-state index in [0.717, 1.165) is 28.7 Å². The van der Waals surface area contributed by atoms with E-state index in [0.29, 0.717) is 18.9 Å². The number of methoxy groups -OCH3 is 1. The van der Waals surface area contributed by atoms with E-state index in [1.54, 1.807) is 13.4 Å². The number of nitrogens with zero attached hydrogens (tertiary/aromatic N) is 2. The Bertz CT molecular complexity index is 787. The van der Waals surface area contributed by atoms with Gasteiger partial charge in [0.15, 0.2) is 0 Å². The number of hydrogen-bond donors (Lipinski definition) is 2. The number of benzene rings is 1. The summed E-state index contributed by atoms with van der Waals surface area (Å²) in [5, 5.41) is 6.55. The van der Waals surface area contributed by atoms with E-state index in [-0.39, 0.29) is 0 Å². The largest absolute Gasteiger partial charge is 0.496 e. The number of para-hydroxylation sites is 1. The summed E-state index contributed by atoms with van der Waals surface area (Å²) in [7, 11) is 1.67. The van der Waals surface area contributed by atoms with Crippen LogP contribution >= 0.6 is 0 Å². The Morgan fingerprint density at radius 1 is 1.00 bits per heavy atom. The molecule has 1 aromatic carbocycles. The van der Waals surface area contributed by atoms with Gasteiger partial charge in [0.2, 0.25) is 0 Å². The molecule has 0 fully saturated rings. The Hall–Kier alpha value is -3.02. The van der Waals surface area contributed by atoms with Gasteiger partial charge in [-0.15, -0.1) is 0 Å². The minimum absolute atomic E-state index is 0.579. The smallest absolute Gasteiger partial charge is 0.132 e. The summed E-state index contributed by atoms with van der Waals surface area (Å²) in [5.74, 6) is 3.92. The fraction of sp³-hybridized carbons (Fsp3) is 0.222. The zero-order chi connectivity index (χ0) is 16.8. The van der Waals surface area contributed by atoms with Crippen molar-refractivity contribution in [3.05, 3.63) is 65.9 Å². The van der Waals surface area contributed by atoms with Crippen molar-refractivity contribution < 1.29 is 9.15 Å². The van der Waals surface area contributed by atoms with Gasteiger partial charge in [-0.3, -0.25) is 0 Å². The molecule has 6 heteroatoms. The lowest BCUT2D eigenvalue weighted by Crippen LogP contribution is -2.07. The first-order chi connectivity index (χ1) is 11.7. The molecule has 0 saturated heterocycles. The van der Waals surface area contributed by atoms with Gasteiger partial charge in [-0.25, -0.2) is 9.97 Å². The number of anilines is 2. The second-order valence-corrected chi connectivity index (χ2v) is 5.28. The number of rotatable bonds is 7. The third-order valence-corrected chi connectivity index (χ3v) is 3.51. The van der Waals surface area contributed by atoms with E-state index in [2.05, 4.69) is 20.6 Å². The monoisotopic (exact) mass is 324 g/mol. The quantitative estimate of drug-likeness (QED) is 0.692. The number of aromatic nitrogens is 2. The molecule has 0 saturated carbocycles. The molecule has 0 unspecified atom stereocenters. The SMILES string of the molecule is COc1ccccc1CNc1cc(NCc2ccco2)nc(C)n1. The van der Waals surface area contributed by atoms with Crippen molar-refractivity contribution in [2.45, 2.75) is 20.0 Å². The van der Waals surface area contributed by atoms with Gasteiger partial charge < -0.3 is 19.8 Å². The zero-order valence-corrected chi connectivity index (χ0v) is 13.7. The van der Waals surface area contributed by atoms with Gasteiger partial charge in [-0.05, 0) is 25.1 Å². The van der Waals surface area contributed by atoms with Crippen LogP contribution in [0.5, 0.6) is 5.75 Å². The average molecular weight is 324 g/mol. The lowest BCUT2D eigenvalue weighted by Gasteiger charge is -2.11. The van der Waals surface area contributed by atoms with Crippen LogP contribution in [0.25, 0.3) is 0 Å². The second kappa shape index (κ2) is 7.50. The lowest BCUT2D eigenvalue weighted by atomic mass is 10.2. The molecule has 0 amide bonds. The Balaban J connectivity index is 1.67. The molecule has 2 N–H and O–H groups in total. The first-order valence-electron chi connectivity index (χ1n) is 7.72. The van der Waals surface area contributed by atoms with Crippen LogP contribution < -0.4 is 15.4 Å². The van der Waals surface area contributed by atoms with Crippen molar-refractivity contribution >= 4 is 11.6 Å². The molecule has 124 valence electrons. The summed E-state index contributed by atoms with van der Waals surface area (Å²) < 4.78 is 10.7. The third kappa shape index (κ3) is 4.04. The first kappa shape index (κ1) is 15.9. The van der Waals surface area contributed by atoms with E-state index < -0.39 is 0 Å². The molecule has 0 aliphatic rings. The second-order valence-electron chi connectivity index (χ2n) is 5.28. The Morgan fingerprint density at radius 2 is 1.75 bits per heavy atom. The number of ether oxygens (including phenoxy) is 1. The predicted octanol–water partition coefficient (Wildman–Crippen LogP) is 3.61. The van der Waals surface area contributed by atoms with E-state index in [4.69, 9.17) is 9.15 Å². The van der Waals surface area contributed by atoms with E-state index in [1.165, 1.54) is 0 Å². The van der Waals surface area contributed by atoms with E-state index in [9.17, 15) is 0 Å². The van der Waals surface area contributed by atoms with Crippen LogP contribution in [0.15, 0.2) is 53.1 Å². The van der Waals surface area contributed by atoms with Crippen LogP contribution in [0.1, 0.15) is 17.1 Å². The summed E-state index contributed by atoms with van der Waals surface area (Å²) in [6, 6.07) is 13.6. The molecule has 0 spiro atoms. The molecule has 3 aromatic rings. The van der Waals surface area contributed by atoms with Gasteiger partial charge in [0.1, 0.15) is 29.0 Å². The fourth-order valence-electron chi connectivity index (χ4n) is 2.37. The average Bonchev–Trinajstić information content (AvgIpc) is 3.11. The maximum Gasteiger partial charge on any atom is 0.132 e. The predicted molar refractivity (Wildman–Crippen MR) is 93.1 cm³/mol. The highest BCUT2D eigenvalue weighted by Crippen LogP contribution is 2.19. The van der Waals surface area contributed by atoms with Gasteiger partial charge >= 0.3 is 0 Å². The molecule has 0 aliphatic heterocycles. The van der Waals surface area contributed by atoms with Crippen LogP contribution in [-0.2, 0) is 13.1 Å². The maximum atomic E-state index is 5.37. The van der Waals surface area contributed by atoms with E-state index in [1.807, 2.05) is 49.4 Å². The molecule has 24 heavy (non-hydrogen) atoms. The Kier molecular flexibility index (Phi) is 4.96. The summed E-state index contributed by atoms with van der Waals surface area (Å²) >= 11 is 0. The minimum Gasteiger partial charge on any atom is -0.496 e. The van der Waals surface area contributed by atoms with Crippen LogP contribution in [0, 0.1) is 6.92 Å². The van der Waals surface area contributed by atoms with Crippen molar-refractivity contribution in [2.24, 2.45) is 0 Å². The highest BCUT2D eigenvalue weighted by Gasteiger charge is 2.05. The summed E-state index contributed by atoms with van der Waals surface area (Å²) in [6.45, 7) is 3.07. The van der Waals surface area contributed by atoms with Crippen molar-refractivity contribution in [2.75, 3.05) is 17.7 Å². The molecular formula is C18H20N4O2. The highest BCUT2D eigenvalue weighted by atomic mass is 16.5. The lowest BCUT2D eigenvalue weighted by molar-refractivity contribution is 0.410. The number of nitrogens with one attached hydrogen (secondary N) is 2. The van der Waals surface area contributed by atoms with E-state index >= 15 is 0 Å². The molecule has 0 radical (unpaired) electrons. The van der Waals surface area contributed by atoms with Crippen LogP contribution in [-0.4, -0.2) is 17.1 Å². The van der Waals surface area contributed by atoms with Gasteiger partial charge in [0, 0.05) is 18.2 Å². The highest BCUT2D eigenvalue weighted by molar-refractivity contribution is 5.48. The van der Waals surface area contributed by atoms with Crippen molar-refractivity contribution in [3.63, 3.8) is 0 Å². The van der Waals surface area contributed by atoms with Gasteiger partial charge in [-0.2, -0.15) is 0 Å². The van der Waals surface area contributed by atoms with Crippen molar-refractivity contribution in [3.8, 4) is 5.75 Å². The minimum atomic E-state index is 0.579. The summed E-state index contributed by atoms with van der Waals surface area (Å²) in [6.07, 6.45) is 1.66.